The number of carbonyl (C=O) groups excluding carboxylic acids is 1. The largest absolute Gasteiger partial charge is 0.351 e. The third kappa shape index (κ3) is 3.51. The maximum atomic E-state index is 13.0. The van der Waals surface area contributed by atoms with E-state index in [1.165, 1.54) is 6.42 Å². The van der Waals surface area contributed by atoms with Gasteiger partial charge in [-0.25, -0.2) is 0 Å². The van der Waals surface area contributed by atoms with Crippen LogP contribution in [0.3, 0.4) is 0 Å². The number of hydrogen-bond acceptors (Lipinski definition) is 2. The van der Waals surface area contributed by atoms with Gasteiger partial charge in [0.05, 0.1) is 11.6 Å². The first kappa shape index (κ1) is 16.3. The Morgan fingerprint density at radius 3 is 2.52 bits per heavy atom. The van der Waals surface area contributed by atoms with Crippen molar-refractivity contribution < 1.29 is 4.79 Å². The van der Waals surface area contributed by atoms with Crippen LogP contribution in [0.1, 0.15) is 37.8 Å². The molecule has 1 saturated heterocycles. The van der Waals surface area contributed by atoms with Crippen LogP contribution in [0.5, 0.6) is 0 Å². The maximum absolute atomic E-state index is 13.0. The van der Waals surface area contributed by atoms with E-state index in [0.29, 0.717) is 10.1 Å². The van der Waals surface area contributed by atoms with Gasteiger partial charge in [0.25, 0.3) is 5.91 Å². The van der Waals surface area contributed by atoms with E-state index in [2.05, 4.69) is 10.6 Å². The van der Waals surface area contributed by atoms with Crippen LogP contribution < -0.4 is 10.6 Å². The van der Waals surface area contributed by atoms with Crippen LogP contribution in [-0.2, 0) is 4.79 Å². The first-order valence-corrected chi connectivity index (χ1v) is 8.68. The lowest BCUT2D eigenvalue weighted by molar-refractivity contribution is -0.128. The van der Waals surface area contributed by atoms with Gasteiger partial charge in [-0.3, -0.25) is 4.79 Å². The van der Waals surface area contributed by atoms with Gasteiger partial charge in [-0.2, -0.15) is 0 Å². The highest BCUT2D eigenvalue weighted by atomic mass is 35.5. The summed E-state index contributed by atoms with van der Waals surface area (Å²) in [6.45, 7) is 3.56. The Morgan fingerprint density at radius 1 is 1.22 bits per heavy atom. The molecule has 2 aliphatic rings. The average molecular weight is 350 g/mol. The number of benzene rings is 1. The van der Waals surface area contributed by atoms with Crippen molar-refractivity contribution in [1.29, 1.82) is 0 Å². The van der Waals surface area contributed by atoms with Gasteiger partial charge >= 0.3 is 0 Å². The molecule has 1 fully saturated rings. The zero-order chi connectivity index (χ0) is 16.4. The minimum atomic E-state index is -0.240. The Labute approximate surface area is 146 Å². The molecule has 0 bridgehead atoms. The number of amides is 1. The molecule has 1 unspecified atom stereocenters. The highest BCUT2D eigenvalue weighted by molar-refractivity contribution is 7.80. The average Bonchev–Trinajstić information content (AvgIpc) is 2.55. The van der Waals surface area contributed by atoms with Crippen molar-refractivity contribution in [1.82, 2.24) is 15.5 Å². The van der Waals surface area contributed by atoms with Crippen molar-refractivity contribution >= 4 is 34.8 Å². The minimum Gasteiger partial charge on any atom is -0.351 e. The summed E-state index contributed by atoms with van der Waals surface area (Å²) in [6.07, 6.45) is 3.34. The lowest BCUT2D eigenvalue weighted by Gasteiger charge is -2.35. The molecule has 2 aliphatic heterocycles. The Kier molecular flexibility index (Phi) is 4.87. The van der Waals surface area contributed by atoms with E-state index in [0.717, 1.165) is 42.8 Å². The Morgan fingerprint density at radius 2 is 1.87 bits per heavy atom. The van der Waals surface area contributed by atoms with E-state index in [9.17, 15) is 4.79 Å². The van der Waals surface area contributed by atoms with Crippen molar-refractivity contribution in [3.05, 3.63) is 46.1 Å². The van der Waals surface area contributed by atoms with Crippen molar-refractivity contribution in [2.24, 2.45) is 0 Å². The van der Waals surface area contributed by atoms with Crippen LogP contribution in [0.4, 0.5) is 0 Å². The fraction of sp³-hybridized carbons (Fsp3) is 0.412. The van der Waals surface area contributed by atoms with Gasteiger partial charge in [-0.15, -0.1) is 0 Å². The first-order chi connectivity index (χ1) is 11.1. The number of allylic oxidation sites excluding steroid dienone is 1. The molecule has 122 valence electrons. The lowest BCUT2D eigenvalue weighted by Crippen LogP contribution is -2.48. The van der Waals surface area contributed by atoms with Crippen LogP contribution in [0.25, 0.3) is 0 Å². The predicted octanol–water partition coefficient (Wildman–Crippen LogP) is 3.15. The van der Waals surface area contributed by atoms with Gasteiger partial charge in [0.1, 0.15) is 0 Å². The summed E-state index contributed by atoms with van der Waals surface area (Å²) in [7, 11) is 0. The predicted molar refractivity (Wildman–Crippen MR) is 96.2 cm³/mol. The summed E-state index contributed by atoms with van der Waals surface area (Å²) < 4.78 is 0. The van der Waals surface area contributed by atoms with E-state index < -0.39 is 0 Å². The van der Waals surface area contributed by atoms with E-state index in [1.54, 1.807) is 0 Å². The number of carbonyl (C=O) groups is 1. The molecular weight excluding hydrogens is 330 g/mol. The molecule has 0 spiro atoms. The molecule has 0 aromatic heterocycles. The fourth-order valence-corrected chi connectivity index (χ4v) is 3.55. The number of halogens is 1. The number of likely N-dealkylation sites (tertiary alicyclic amines) is 1. The normalized spacial score (nSPS) is 21.7. The standard InChI is InChI=1S/C17H20ClN3OS/c1-11-14(16(22)21-9-3-2-4-10-21)15(20-17(23)19-11)12-5-7-13(18)8-6-12/h5-8,15H,2-4,9-10H2,1H3,(H2,19,20,23). The molecule has 1 atom stereocenters. The molecular formula is C17H20ClN3OS. The second kappa shape index (κ2) is 6.89. The number of thiocarbonyl (C=S) groups is 1. The number of rotatable bonds is 2. The van der Waals surface area contributed by atoms with Crippen molar-refractivity contribution in [2.75, 3.05) is 13.1 Å². The lowest BCUT2D eigenvalue weighted by atomic mass is 9.94. The number of nitrogens with one attached hydrogen (secondary N) is 2. The summed E-state index contributed by atoms with van der Waals surface area (Å²) in [6, 6.07) is 7.30. The number of hydrogen-bond donors (Lipinski definition) is 2. The van der Waals surface area contributed by atoms with Crippen molar-refractivity contribution in [3.8, 4) is 0 Å². The molecule has 3 rings (SSSR count). The maximum Gasteiger partial charge on any atom is 0.253 e. The minimum absolute atomic E-state index is 0.0876. The zero-order valence-electron chi connectivity index (χ0n) is 13.1. The van der Waals surface area contributed by atoms with Gasteiger partial charge in [-0.05, 0) is 56.1 Å². The number of piperidine rings is 1. The quantitative estimate of drug-likeness (QED) is 0.805. The molecule has 0 saturated carbocycles. The summed E-state index contributed by atoms with van der Waals surface area (Å²) in [5, 5.41) is 7.53. The summed E-state index contributed by atoms with van der Waals surface area (Å²) in [5.41, 5.74) is 2.55. The first-order valence-electron chi connectivity index (χ1n) is 7.89. The molecule has 6 heteroatoms. The van der Waals surface area contributed by atoms with E-state index in [4.69, 9.17) is 23.8 Å². The van der Waals surface area contributed by atoms with E-state index >= 15 is 0 Å². The third-order valence-electron chi connectivity index (χ3n) is 4.35. The van der Waals surface area contributed by atoms with Crippen molar-refractivity contribution in [3.63, 3.8) is 0 Å². The molecule has 1 amide bonds. The van der Waals surface area contributed by atoms with Gasteiger partial charge in [0.2, 0.25) is 0 Å². The van der Waals surface area contributed by atoms with Gasteiger partial charge in [0, 0.05) is 23.8 Å². The van der Waals surface area contributed by atoms with Gasteiger partial charge < -0.3 is 15.5 Å². The van der Waals surface area contributed by atoms with Crippen molar-refractivity contribution in [2.45, 2.75) is 32.2 Å². The third-order valence-corrected chi connectivity index (χ3v) is 4.82. The smallest absolute Gasteiger partial charge is 0.253 e. The Hall–Kier alpha value is -1.59. The zero-order valence-corrected chi connectivity index (χ0v) is 14.6. The molecule has 2 N–H and O–H groups in total. The molecule has 0 aliphatic carbocycles. The Bertz CT molecular complexity index is 650. The second-order valence-corrected chi connectivity index (χ2v) is 6.82. The molecule has 1 aromatic carbocycles. The van der Waals surface area contributed by atoms with Crippen LogP contribution in [0.15, 0.2) is 35.5 Å². The summed E-state index contributed by atoms with van der Waals surface area (Å²) in [5.74, 6) is 0.0876. The molecule has 23 heavy (non-hydrogen) atoms. The summed E-state index contributed by atoms with van der Waals surface area (Å²) >= 11 is 11.3. The van der Waals surface area contributed by atoms with Crippen LogP contribution in [-0.4, -0.2) is 29.0 Å². The topological polar surface area (TPSA) is 44.4 Å². The monoisotopic (exact) mass is 349 g/mol. The summed E-state index contributed by atoms with van der Waals surface area (Å²) in [4.78, 5) is 15.0. The van der Waals surface area contributed by atoms with E-state index in [-0.39, 0.29) is 11.9 Å². The highest BCUT2D eigenvalue weighted by Crippen LogP contribution is 2.29. The molecule has 0 radical (unpaired) electrons. The number of nitrogens with zero attached hydrogens (tertiary/aromatic N) is 1. The highest BCUT2D eigenvalue weighted by Gasteiger charge is 2.32. The second-order valence-electron chi connectivity index (χ2n) is 5.97. The SMILES string of the molecule is CC1=C(C(=O)N2CCCCC2)C(c2ccc(Cl)cc2)NC(=S)N1. The van der Waals surface area contributed by atoms with Gasteiger partial charge in [0.15, 0.2) is 5.11 Å². The molecule has 4 nitrogen and oxygen atoms in total. The van der Waals surface area contributed by atoms with E-state index in [1.807, 2.05) is 36.1 Å². The van der Waals surface area contributed by atoms with Crippen LogP contribution in [0, 0.1) is 0 Å². The van der Waals surface area contributed by atoms with Crippen LogP contribution in [0.2, 0.25) is 5.02 Å². The molecule has 2 heterocycles. The van der Waals surface area contributed by atoms with Gasteiger partial charge in [-0.1, -0.05) is 23.7 Å². The molecule has 1 aromatic rings. The fourth-order valence-electron chi connectivity index (χ4n) is 3.15. The Balaban J connectivity index is 1.95. The van der Waals surface area contributed by atoms with Crippen LogP contribution >= 0.6 is 23.8 Å².